The predicted molar refractivity (Wildman–Crippen MR) is 108 cm³/mol. The number of nitrogens with two attached hydrogens (primary N) is 1. The molecule has 3 aromatic heterocycles. The number of rotatable bonds is 5. The molecule has 0 atom stereocenters. The number of fused-ring (bicyclic) bond motifs is 1. The van der Waals surface area contributed by atoms with Gasteiger partial charge < -0.3 is 15.5 Å². The highest BCUT2D eigenvalue weighted by Crippen LogP contribution is 2.41. The number of nitrogens with zero attached hydrogens (tertiary/aromatic N) is 4. The molecule has 0 amide bonds. The van der Waals surface area contributed by atoms with Gasteiger partial charge in [0, 0.05) is 17.7 Å². The van der Waals surface area contributed by atoms with Gasteiger partial charge in [0.25, 0.3) is 0 Å². The first-order chi connectivity index (χ1) is 13.6. The first-order valence-electron chi connectivity index (χ1n) is 9.45. The van der Waals surface area contributed by atoms with Crippen molar-refractivity contribution in [3.63, 3.8) is 0 Å². The number of benzene rings is 1. The van der Waals surface area contributed by atoms with E-state index in [1.54, 1.807) is 7.11 Å². The van der Waals surface area contributed by atoms with Gasteiger partial charge in [0.05, 0.1) is 24.7 Å². The maximum Gasteiger partial charge on any atom is 0.199 e. The number of ether oxygens (including phenoxy) is 1. The second-order valence-corrected chi connectivity index (χ2v) is 7.30. The molecule has 7 heteroatoms. The number of aromatic nitrogens is 5. The van der Waals surface area contributed by atoms with Crippen LogP contribution in [0.25, 0.3) is 22.7 Å². The van der Waals surface area contributed by atoms with Crippen molar-refractivity contribution >= 4 is 16.9 Å². The summed E-state index contributed by atoms with van der Waals surface area (Å²) in [6, 6.07) is 12.1. The number of nitrogens with one attached hydrogen (secondary N) is 1. The number of imidazole rings is 1. The topological polar surface area (TPSA) is 94.6 Å². The van der Waals surface area contributed by atoms with Gasteiger partial charge >= 0.3 is 0 Å². The van der Waals surface area contributed by atoms with E-state index in [-0.39, 0.29) is 0 Å². The van der Waals surface area contributed by atoms with Gasteiger partial charge in [-0.2, -0.15) is 0 Å². The molecule has 0 spiro atoms. The summed E-state index contributed by atoms with van der Waals surface area (Å²) in [5, 5.41) is 0.780. The molecule has 1 aromatic carbocycles. The fourth-order valence-corrected chi connectivity index (χ4v) is 3.65. The Labute approximate surface area is 162 Å². The molecule has 0 unspecified atom stereocenters. The molecule has 1 saturated carbocycles. The van der Waals surface area contributed by atoms with Crippen LogP contribution in [0, 0.1) is 6.92 Å². The summed E-state index contributed by atoms with van der Waals surface area (Å²) in [7, 11) is 1.65. The van der Waals surface area contributed by atoms with Crippen molar-refractivity contribution in [2.45, 2.75) is 32.2 Å². The normalized spacial score (nSPS) is 13.9. The summed E-state index contributed by atoms with van der Waals surface area (Å²) in [5.41, 5.74) is 10.4. The second kappa shape index (κ2) is 6.37. The van der Waals surface area contributed by atoms with Crippen molar-refractivity contribution in [3.05, 3.63) is 53.3 Å². The average Bonchev–Trinajstić information content (AvgIpc) is 3.38. The van der Waals surface area contributed by atoms with Crippen LogP contribution in [0.1, 0.15) is 35.7 Å². The highest BCUT2D eigenvalue weighted by Gasteiger charge is 2.29. The highest BCUT2D eigenvalue weighted by atomic mass is 16.5. The lowest BCUT2D eigenvalue weighted by atomic mass is 10.2. The number of methoxy groups -OCH3 is 1. The monoisotopic (exact) mass is 374 g/mol. The number of nitrogen functional groups attached to an aromatic ring is 1. The van der Waals surface area contributed by atoms with Crippen LogP contribution in [-0.4, -0.2) is 31.6 Å². The number of hydrogen-bond acceptors (Lipinski definition) is 5. The van der Waals surface area contributed by atoms with Crippen molar-refractivity contribution in [1.82, 2.24) is 24.5 Å². The molecule has 4 aromatic rings. The molecule has 142 valence electrons. The lowest BCUT2D eigenvalue weighted by Gasteiger charge is -2.09. The summed E-state index contributed by atoms with van der Waals surface area (Å²) < 4.78 is 7.60. The van der Waals surface area contributed by atoms with E-state index in [2.05, 4.69) is 22.1 Å². The molecule has 3 heterocycles. The van der Waals surface area contributed by atoms with Crippen molar-refractivity contribution in [2.75, 3.05) is 12.8 Å². The number of H-pyrrole nitrogens is 1. The summed E-state index contributed by atoms with van der Waals surface area (Å²) in [6.45, 7) is 2.68. The molecule has 0 saturated heterocycles. The van der Waals surface area contributed by atoms with Gasteiger partial charge in [-0.3, -0.25) is 4.57 Å². The van der Waals surface area contributed by atoms with Crippen LogP contribution in [-0.2, 0) is 6.54 Å². The minimum absolute atomic E-state index is 0.423. The zero-order chi connectivity index (χ0) is 19.3. The van der Waals surface area contributed by atoms with E-state index in [0.717, 1.165) is 28.0 Å². The van der Waals surface area contributed by atoms with Crippen LogP contribution in [0.3, 0.4) is 0 Å². The molecule has 1 fully saturated rings. The third-order valence-electron chi connectivity index (χ3n) is 5.24. The molecular weight excluding hydrogens is 352 g/mol. The molecule has 7 nitrogen and oxygen atoms in total. The van der Waals surface area contributed by atoms with Crippen molar-refractivity contribution in [1.29, 1.82) is 0 Å². The van der Waals surface area contributed by atoms with Gasteiger partial charge in [0.1, 0.15) is 11.5 Å². The van der Waals surface area contributed by atoms with Crippen LogP contribution in [0.15, 0.2) is 36.4 Å². The summed E-state index contributed by atoms with van der Waals surface area (Å²) in [6.07, 6.45) is 2.40. The largest absolute Gasteiger partial charge is 0.482 e. The Morgan fingerprint density at radius 1 is 1.18 bits per heavy atom. The highest BCUT2D eigenvalue weighted by molar-refractivity contribution is 5.89. The van der Waals surface area contributed by atoms with E-state index in [9.17, 15) is 0 Å². The smallest absolute Gasteiger partial charge is 0.199 e. The van der Waals surface area contributed by atoms with Gasteiger partial charge in [-0.25, -0.2) is 15.0 Å². The maximum atomic E-state index is 6.28. The Morgan fingerprint density at radius 2 is 1.96 bits per heavy atom. The summed E-state index contributed by atoms with van der Waals surface area (Å²) >= 11 is 0. The van der Waals surface area contributed by atoms with Crippen LogP contribution in [0.4, 0.5) is 5.82 Å². The van der Waals surface area contributed by atoms with Gasteiger partial charge in [-0.05, 0) is 25.3 Å². The van der Waals surface area contributed by atoms with Crippen LogP contribution in [0.2, 0.25) is 0 Å². The molecule has 0 radical (unpaired) electrons. The van der Waals surface area contributed by atoms with Crippen LogP contribution >= 0.6 is 0 Å². The van der Waals surface area contributed by atoms with E-state index in [0.29, 0.717) is 35.8 Å². The molecular formula is C21H22N6O. The third-order valence-corrected chi connectivity index (χ3v) is 5.24. The first-order valence-corrected chi connectivity index (χ1v) is 9.45. The van der Waals surface area contributed by atoms with Crippen molar-refractivity contribution in [3.8, 4) is 17.5 Å². The summed E-state index contributed by atoms with van der Waals surface area (Å²) in [5.74, 6) is 2.86. The van der Waals surface area contributed by atoms with Crippen LogP contribution < -0.4 is 10.5 Å². The Balaban J connectivity index is 1.64. The van der Waals surface area contributed by atoms with Gasteiger partial charge in [-0.15, -0.1) is 0 Å². The fraction of sp³-hybridized carbons (Fsp3) is 0.286. The molecule has 3 N–H and O–H groups in total. The van der Waals surface area contributed by atoms with Crippen molar-refractivity contribution in [2.24, 2.45) is 0 Å². The molecule has 0 aliphatic heterocycles. The number of hydrogen-bond donors (Lipinski definition) is 2. The fourth-order valence-electron chi connectivity index (χ4n) is 3.65. The minimum atomic E-state index is 0.423. The van der Waals surface area contributed by atoms with E-state index < -0.39 is 0 Å². The molecule has 1 aliphatic carbocycles. The quantitative estimate of drug-likeness (QED) is 0.556. The molecule has 28 heavy (non-hydrogen) atoms. The SMILES string of the molecule is COc1cc2c(N)nc(-c3nc(C4CC4)c(C)[nH]3)nc2n1Cc1ccccc1. The number of aromatic amines is 1. The third kappa shape index (κ3) is 2.79. The van der Waals surface area contributed by atoms with E-state index in [1.807, 2.05) is 35.8 Å². The Morgan fingerprint density at radius 3 is 2.68 bits per heavy atom. The van der Waals surface area contributed by atoms with E-state index in [4.69, 9.17) is 20.4 Å². The predicted octanol–water partition coefficient (Wildman–Crippen LogP) is 3.65. The average molecular weight is 374 g/mol. The van der Waals surface area contributed by atoms with Crippen LogP contribution in [0.5, 0.6) is 5.88 Å². The zero-order valence-electron chi connectivity index (χ0n) is 15.9. The number of anilines is 1. The van der Waals surface area contributed by atoms with E-state index in [1.165, 1.54) is 12.8 Å². The molecule has 1 aliphatic rings. The molecule has 5 rings (SSSR count). The Kier molecular flexibility index (Phi) is 3.82. The first kappa shape index (κ1) is 16.8. The van der Waals surface area contributed by atoms with Gasteiger partial charge in [0.2, 0.25) is 0 Å². The van der Waals surface area contributed by atoms with Gasteiger partial charge in [0.15, 0.2) is 17.5 Å². The van der Waals surface area contributed by atoms with Crippen molar-refractivity contribution < 1.29 is 4.74 Å². The second-order valence-electron chi connectivity index (χ2n) is 7.30. The Hall–Kier alpha value is -3.35. The lowest BCUT2D eigenvalue weighted by Crippen LogP contribution is -2.05. The Bertz CT molecular complexity index is 1160. The number of aryl methyl sites for hydroxylation is 1. The maximum absolute atomic E-state index is 6.28. The van der Waals surface area contributed by atoms with Gasteiger partial charge in [-0.1, -0.05) is 30.3 Å². The molecule has 0 bridgehead atoms. The minimum Gasteiger partial charge on any atom is -0.482 e. The lowest BCUT2D eigenvalue weighted by molar-refractivity contribution is 0.379. The van der Waals surface area contributed by atoms with E-state index >= 15 is 0 Å². The zero-order valence-corrected chi connectivity index (χ0v) is 15.9. The standard InChI is InChI=1S/C21H22N6O/c1-12-17(14-8-9-14)24-19(23-12)20-25-18(22)15-10-16(28-2)27(21(15)26-20)11-13-6-4-3-5-7-13/h3-7,10,14H,8-9,11H2,1-2H3,(H,23,24)(H2,22,25,26). The summed E-state index contributed by atoms with van der Waals surface area (Å²) in [4.78, 5) is 17.4.